The Hall–Kier alpha value is -2.20. The van der Waals surface area contributed by atoms with Crippen molar-refractivity contribution in [3.05, 3.63) is 65.5 Å². The van der Waals surface area contributed by atoms with Crippen molar-refractivity contribution < 1.29 is 18.7 Å². The molecule has 0 bridgehead atoms. The number of carbonyl (C=O) groups is 2. The minimum absolute atomic E-state index is 0.253. The van der Waals surface area contributed by atoms with Crippen molar-refractivity contribution in [2.24, 2.45) is 0 Å². The lowest BCUT2D eigenvalue weighted by Crippen LogP contribution is -2.36. The zero-order valence-electron chi connectivity index (χ0n) is 10.8. The van der Waals surface area contributed by atoms with E-state index in [0.717, 1.165) is 0 Å². The van der Waals surface area contributed by atoms with Gasteiger partial charge in [0.15, 0.2) is 0 Å². The van der Waals surface area contributed by atoms with Gasteiger partial charge in [-0.25, -0.2) is 4.39 Å². The Bertz CT molecular complexity index is 730. The Morgan fingerprint density at radius 3 is 2.57 bits per heavy atom. The fourth-order valence-electron chi connectivity index (χ4n) is 2.70. The minimum atomic E-state index is -1.39. The standard InChI is InChI=1S/C16H10ClFO3/c17-14(19)9-16(10-4-2-1-3-5-10)12-8-11(18)6-7-13(12)21-15(16)20/h1-8H,9H2. The van der Waals surface area contributed by atoms with E-state index in [1.54, 1.807) is 30.3 Å². The minimum Gasteiger partial charge on any atom is -0.425 e. The van der Waals surface area contributed by atoms with E-state index in [1.165, 1.54) is 18.2 Å². The maximum atomic E-state index is 13.6. The molecule has 5 heteroatoms. The van der Waals surface area contributed by atoms with Crippen LogP contribution >= 0.6 is 11.6 Å². The molecule has 2 aromatic rings. The molecule has 1 aliphatic heterocycles. The van der Waals surface area contributed by atoms with Gasteiger partial charge in [0.2, 0.25) is 5.24 Å². The van der Waals surface area contributed by atoms with Gasteiger partial charge in [-0.05, 0) is 35.4 Å². The van der Waals surface area contributed by atoms with Gasteiger partial charge >= 0.3 is 5.97 Å². The predicted molar refractivity (Wildman–Crippen MR) is 74.7 cm³/mol. The van der Waals surface area contributed by atoms with Crippen LogP contribution in [0.2, 0.25) is 0 Å². The highest BCUT2D eigenvalue weighted by molar-refractivity contribution is 6.63. The van der Waals surface area contributed by atoms with Gasteiger partial charge < -0.3 is 4.74 Å². The van der Waals surface area contributed by atoms with Crippen molar-refractivity contribution in [3.8, 4) is 5.75 Å². The van der Waals surface area contributed by atoms with Gasteiger partial charge in [0.1, 0.15) is 17.0 Å². The summed E-state index contributed by atoms with van der Waals surface area (Å²) in [5.74, 6) is -0.874. The largest absolute Gasteiger partial charge is 0.425 e. The van der Waals surface area contributed by atoms with Crippen LogP contribution in [-0.2, 0) is 15.0 Å². The summed E-state index contributed by atoms with van der Waals surface area (Å²) in [5.41, 5.74) is -0.515. The zero-order valence-corrected chi connectivity index (χ0v) is 11.6. The van der Waals surface area contributed by atoms with Crippen molar-refractivity contribution >= 4 is 22.8 Å². The summed E-state index contributed by atoms with van der Waals surface area (Å²) in [6.45, 7) is 0. The lowest BCUT2D eigenvalue weighted by molar-refractivity contribution is -0.138. The van der Waals surface area contributed by atoms with Gasteiger partial charge in [-0.1, -0.05) is 30.3 Å². The van der Waals surface area contributed by atoms with Gasteiger partial charge in [0.05, 0.1) is 0 Å². The van der Waals surface area contributed by atoms with E-state index in [9.17, 15) is 14.0 Å². The molecule has 0 saturated carbocycles. The summed E-state index contributed by atoms with van der Waals surface area (Å²) in [4.78, 5) is 23.9. The van der Waals surface area contributed by atoms with Crippen LogP contribution in [0, 0.1) is 5.82 Å². The monoisotopic (exact) mass is 304 g/mol. The Labute approximate surface area is 125 Å². The third kappa shape index (κ3) is 2.12. The molecule has 3 nitrogen and oxygen atoms in total. The first kappa shape index (κ1) is 13.8. The fraction of sp³-hybridized carbons (Fsp3) is 0.125. The van der Waals surface area contributed by atoms with E-state index in [-0.39, 0.29) is 12.2 Å². The zero-order chi connectivity index (χ0) is 15.0. The molecule has 0 radical (unpaired) electrons. The van der Waals surface area contributed by atoms with Crippen molar-refractivity contribution in [2.45, 2.75) is 11.8 Å². The number of rotatable bonds is 3. The molecule has 0 aliphatic carbocycles. The van der Waals surface area contributed by atoms with Crippen LogP contribution in [0.25, 0.3) is 0 Å². The molecule has 1 atom stereocenters. The van der Waals surface area contributed by atoms with Crippen LogP contribution < -0.4 is 4.74 Å². The van der Waals surface area contributed by atoms with Crippen molar-refractivity contribution in [2.75, 3.05) is 0 Å². The number of hydrogen-bond donors (Lipinski definition) is 0. The predicted octanol–water partition coefficient (Wildman–Crippen LogP) is 3.19. The van der Waals surface area contributed by atoms with Crippen molar-refractivity contribution in [1.29, 1.82) is 0 Å². The molecule has 0 fully saturated rings. The summed E-state index contributed by atoms with van der Waals surface area (Å²) >= 11 is 5.53. The number of esters is 1. The van der Waals surface area contributed by atoms with Crippen LogP contribution in [0.3, 0.4) is 0 Å². The Morgan fingerprint density at radius 1 is 1.19 bits per heavy atom. The molecule has 0 spiro atoms. The fourth-order valence-corrected chi connectivity index (χ4v) is 2.90. The molecule has 1 aliphatic rings. The molecule has 0 saturated heterocycles. The van der Waals surface area contributed by atoms with Crippen LogP contribution in [0.1, 0.15) is 17.5 Å². The number of benzene rings is 2. The lowest BCUT2D eigenvalue weighted by atomic mass is 9.73. The maximum Gasteiger partial charge on any atom is 0.327 e. The normalized spacial score (nSPS) is 20.0. The summed E-state index contributed by atoms with van der Waals surface area (Å²) in [6.07, 6.45) is -0.284. The highest BCUT2D eigenvalue weighted by Crippen LogP contribution is 2.47. The van der Waals surface area contributed by atoms with E-state index < -0.39 is 22.4 Å². The Morgan fingerprint density at radius 2 is 1.90 bits per heavy atom. The molecule has 106 valence electrons. The highest BCUT2D eigenvalue weighted by Gasteiger charge is 2.51. The van der Waals surface area contributed by atoms with Gasteiger partial charge in [-0.15, -0.1) is 0 Å². The van der Waals surface area contributed by atoms with Crippen LogP contribution in [0.5, 0.6) is 5.75 Å². The summed E-state index contributed by atoms with van der Waals surface area (Å²) in [6, 6.07) is 12.4. The first-order chi connectivity index (χ1) is 10.0. The molecular formula is C16H10ClFO3. The second-order valence-corrected chi connectivity index (χ2v) is 5.25. The molecular weight excluding hydrogens is 295 g/mol. The number of hydrogen-bond acceptors (Lipinski definition) is 3. The molecule has 1 unspecified atom stereocenters. The van der Waals surface area contributed by atoms with Gasteiger partial charge in [-0.2, -0.15) is 0 Å². The molecule has 1 heterocycles. The first-order valence-corrected chi connectivity index (χ1v) is 6.68. The highest BCUT2D eigenvalue weighted by atomic mass is 35.5. The van der Waals surface area contributed by atoms with Crippen LogP contribution in [0.15, 0.2) is 48.5 Å². The average molecular weight is 305 g/mol. The van der Waals surface area contributed by atoms with E-state index in [0.29, 0.717) is 11.1 Å². The molecule has 0 N–H and O–H groups in total. The maximum absolute atomic E-state index is 13.6. The number of carbonyl (C=O) groups excluding carboxylic acids is 2. The van der Waals surface area contributed by atoms with Crippen molar-refractivity contribution in [1.82, 2.24) is 0 Å². The first-order valence-electron chi connectivity index (χ1n) is 6.30. The number of halogens is 2. The van der Waals surface area contributed by atoms with E-state index in [4.69, 9.17) is 16.3 Å². The van der Waals surface area contributed by atoms with Crippen LogP contribution in [-0.4, -0.2) is 11.2 Å². The molecule has 0 aromatic heterocycles. The second-order valence-electron chi connectivity index (χ2n) is 4.83. The quantitative estimate of drug-likeness (QED) is 0.497. The van der Waals surface area contributed by atoms with Crippen molar-refractivity contribution in [3.63, 3.8) is 0 Å². The van der Waals surface area contributed by atoms with Gasteiger partial charge in [0, 0.05) is 12.0 Å². The van der Waals surface area contributed by atoms with E-state index in [2.05, 4.69) is 0 Å². The Kier molecular flexibility index (Phi) is 3.26. The number of fused-ring (bicyclic) bond motifs is 1. The average Bonchev–Trinajstić information content (AvgIpc) is 2.73. The Balaban J connectivity index is 2.29. The topological polar surface area (TPSA) is 43.4 Å². The third-order valence-corrected chi connectivity index (χ3v) is 3.76. The molecule has 2 aromatic carbocycles. The summed E-state index contributed by atoms with van der Waals surface area (Å²) < 4.78 is 18.8. The third-order valence-electron chi connectivity index (χ3n) is 3.62. The lowest BCUT2D eigenvalue weighted by Gasteiger charge is -2.24. The summed E-state index contributed by atoms with van der Waals surface area (Å²) in [5, 5.41) is -0.687. The smallest absolute Gasteiger partial charge is 0.327 e. The molecule has 3 rings (SSSR count). The summed E-state index contributed by atoms with van der Waals surface area (Å²) in [7, 11) is 0. The van der Waals surface area contributed by atoms with Gasteiger partial charge in [-0.3, -0.25) is 9.59 Å². The molecule has 21 heavy (non-hydrogen) atoms. The molecule has 0 amide bonds. The van der Waals surface area contributed by atoms with Gasteiger partial charge in [0.25, 0.3) is 0 Å². The van der Waals surface area contributed by atoms with E-state index >= 15 is 0 Å². The second kappa shape index (κ2) is 4.97. The van der Waals surface area contributed by atoms with Crippen LogP contribution in [0.4, 0.5) is 4.39 Å². The number of ether oxygens (including phenoxy) is 1. The SMILES string of the molecule is O=C(Cl)CC1(c2ccccc2)C(=O)Oc2ccc(F)cc21. The van der Waals surface area contributed by atoms with E-state index in [1.807, 2.05) is 0 Å².